The molecule has 0 spiro atoms. The summed E-state index contributed by atoms with van der Waals surface area (Å²) in [5.41, 5.74) is 2.66. The summed E-state index contributed by atoms with van der Waals surface area (Å²) >= 11 is 0. The lowest BCUT2D eigenvalue weighted by atomic mass is 9.98. The molecule has 0 saturated heterocycles. The summed E-state index contributed by atoms with van der Waals surface area (Å²) in [6.45, 7) is 1.13. The van der Waals surface area contributed by atoms with Gasteiger partial charge in [-0.15, -0.1) is 0 Å². The van der Waals surface area contributed by atoms with E-state index < -0.39 is 0 Å². The van der Waals surface area contributed by atoms with Crippen molar-refractivity contribution in [1.29, 1.82) is 0 Å². The highest BCUT2D eigenvalue weighted by molar-refractivity contribution is 6.39. The molecule has 2 aliphatic heterocycles. The fraction of sp³-hybridized carbons (Fsp3) is 0.471. The molecule has 0 aromatic heterocycles. The number of hydrogen-bond donors (Lipinski definition) is 0. The van der Waals surface area contributed by atoms with Gasteiger partial charge in [-0.2, -0.15) is 5.10 Å². The average molecular weight is 331 g/mol. The normalized spacial score (nSPS) is 17.3. The molecule has 2 heterocycles. The number of carbonyl (C=O) groups is 2. The highest BCUT2D eigenvalue weighted by Crippen LogP contribution is 2.33. The third-order valence-corrected chi connectivity index (χ3v) is 4.46. The molecule has 1 aromatic rings. The van der Waals surface area contributed by atoms with Crippen LogP contribution in [-0.2, 0) is 22.6 Å². The largest absolute Gasteiger partial charge is 0.493 e. The van der Waals surface area contributed by atoms with Gasteiger partial charge in [-0.05, 0) is 29.7 Å². The van der Waals surface area contributed by atoms with Gasteiger partial charge < -0.3 is 14.4 Å². The van der Waals surface area contributed by atoms with E-state index in [0.717, 1.165) is 17.5 Å². The zero-order valence-corrected chi connectivity index (χ0v) is 14.2. The molecule has 0 unspecified atom stereocenters. The van der Waals surface area contributed by atoms with Gasteiger partial charge in [-0.1, -0.05) is 0 Å². The first kappa shape index (κ1) is 16.3. The SMILES string of the molecule is COc1cc2c(cc1OC)CN(C(=O)C1=NN(C)C(=O)CC1)CC2. The second-order valence-corrected chi connectivity index (χ2v) is 5.92. The minimum absolute atomic E-state index is 0.0626. The Hall–Kier alpha value is -2.57. The van der Waals surface area contributed by atoms with Crippen LogP contribution in [0.4, 0.5) is 0 Å². The molecule has 24 heavy (non-hydrogen) atoms. The van der Waals surface area contributed by atoms with E-state index in [9.17, 15) is 9.59 Å². The predicted molar refractivity (Wildman–Crippen MR) is 88.1 cm³/mol. The van der Waals surface area contributed by atoms with Gasteiger partial charge in [-0.25, -0.2) is 5.01 Å². The first-order valence-electron chi connectivity index (χ1n) is 7.90. The Morgan fingerprint density at radius 2 is 1.75 bits per heavy atom. The van der Waals surface area contributed by atoms with Gasteiger partial charge in [0.25, 0.3) is 5.91 Å². The minimum Gasteiger partial charge on any atom is -0.493 e. The smallest absolute Gasteiger partial charge is 0.270 e. The lowest BCUT2D eigenvalue weighted by Gasteiger charge is -2.31. The Kier molecular flexibility index (Phi) is 4.42. The van der Waals surface area contributed by atoms with E-state index in [1.54, 1.807) is 26.2 Å². The van der Waals surface area contributed by atoms with E-state index in [-0.39, 0.29) is 11.8 Å². The summed E-state index contributed by atoms with van der Waals surface area (Å²) in [6, 6.07) is 3.90. The summed E-state index contributed by atoms with van der Waals surface area (Å²) in [5.74, 6) is 1.20. The summed E-state index contributed by atoms with van der Waals surface area (Å²) in [7, 11) is 4.79. The van der Waals surface area contributed by atoms with Crippen molar-refractivity contribution in [3.05, 3.63) is 23.3 Å². The van der Waals surface area contributed by atoms with E-state index in [0.29, 0.717) is 43.1 Å². The topological polar surface area (TPSA) is 71.4 Å². The number of nitrogens with zero attached hydrogens (tertiary/aromatic N) is 3. The van der Waals surface area contributed by atoms with Crippen LogP contribution in [0, 0.1) is 0 Å². The Bertz CT molecular complexity index is 714. The van der Waals surface area contributed by atoms with Crippen LogP contribution < -0.4 is 9.47 Å². The Morgan fingerprint density at radius 1 is 1.08 bits per heavy atom. The molecule has 0 bridgehead atoms. The third kappa shape index (κ3) is 2.93. The van der Waals surface area contributed by atoms with Crippen molar-refractivity contribution in [3.8, 4) is 11.5 Å². The Balaban J connectivity index is 1.81. The van der Waals surface area contributed by atoms with Crippen molar-refractivity contribution >= 4 is 17.5 Å². The van der Waals surface area contributed by atoms with Gasteiger partial charge in [0.15, 0.2) is 11.5 Å². The zero-order valence-electron chi connectivity index (χ0n) is 14.2. The van der Waals surface area contributed by atoms with Crippen LogP contribution in [0.3, 0.4) is 0 Å². The van der Waals surface area contributed by atoms with Crippen LogP contribution in [0.15, 0.2) is 17.2 Å². The van der Waals surface area contributed by atoms with Gasteiger partial charge >= 0.3 is 0 Å². The lowest BCUT2D eigenvalue weighted by molar-refractivity contribution is -0.130. The Labute approximate surface area is 140 Å². The van der Waals surface area contributed by atoms with Crippen molar-refractivity contribution < 1.29 is 19.1 Å². The number of carbonyl (C=O) groups excluding carboxylic acids is 2. The standard InChI is InChI=1S/C17H21N3O4/c1-19-16(21)5-4-13(18-19)17(22)20-7-6-11-8-14(23-2)15(24-3)9-12(11)10-20/h8-9H,4-7,10H2,1-3H3. The fourth-order valence-corrected chi connectivity index (χ4v) is 3.06. The van der Waals surface area contributed by atoms with Gasteiger partial charge in [-0.3, -0.25) is 9.59 Å². The van der Waals surface area contributed by atoms with Crippen molar-refractivity contribution in [2.24, 2.45) is 5.10 Å². The van der Waals surface area contributed by atoms with E-state index in [1.807, 2.05) is 12.1 Å². The van der Waals surface area contributed by atoms with Gasteiger partial charge in [0.1, 0.15) is 5.71 Å². The van der Waals surface area contributed by atoms with E-state index in [4.69, 9.17) is 9.47 Å². The summed E-state index contributed by atoms with van der Waals surface area (Å²) in [5, 5.41) is 5.37. The molecular formula is C17H21N3O4. The molecule has 1 aromatic carbocycles. The second-order valence-electron chi connectivity index (χ2n) is 5.92. The summed E-state index contributed by atoms with van der Waals surface area (Å²) in [4.78, 5) is 26.0. The molecular weight excluding hydrogens is 310 g/mol. The number of fused-ring (bicyclic) bond motifs is 1. The average Bonchev–Trinajstić information content (AvgIpc) is 2.61. The predicted octanol–water partition coefficient (Wildman–Crippen LogP) is 1.20. The van der Waals surface area contributed by atoms with Crippen molar-refractivity contribution in [3.63, 3.8) is 0 Å². The van der Waals surface area contributed by atoms with Gasteiger partial charge in [0.05, 0.1) is 14.2 Å². The van der Waals surface area contributed by atoms with Crippen LogP contribution in [0.5, 0.6) is 11.5 Å². The van der Waals surface area contributed by atoms with Crippen LogP contribution in [0.1, 0.15) is 24.0 Å². The molecule has 128 valence electrons. The number of benzene rings is 1. The van der Waals surface area contributed by atoms with Gasteiger partial charge in [0.2, 0.25) is 5.91 Å². The number of ether oxygens (including phenoxy) is 2. The summed E-state index contributed by atoms with van der Waals surface area (Å²) < 4.78 is 10.7. The lowest BCUT2D eigenvalue weighted by Crippen LogP contribution is -2.42. The highest BCUT2D eigenvalue weighted by Gasteiger charge is 2.28. The fourth-order valence-electron chi connectivity index (χ4n) is 3.06. The van der Waals surface area contributed by atoms with E-state index in [2.05, 4.69) is 5.10 Å². The molecule has 3 rings (SSSR count). The van der Waals surface area contributed by atoms with E-state index in [1.165, 1.54) is 5.01 Å². The van der Waals surface area contributed by atoms with Crippen LogP contribution >= 0.6 is 0 Å². The molecule has 2 amide bonds. The Morgan fingerprint density at radius 3 is 2.38 bits per heavy atom. The molecule has 7 heteroatoms. The highest BCUT2D eigenvalue weighted by atomic mass is 16.5. The molecule has 7 nitrogen and oxygen atoms in total. The molecule has 2 aliphatic rings. The quantitative estimate of drug-likeness (QED) is 0.834. The number of hydrogen-bond acceptors (Lipinski definition) is 5. The molecule has 0 saturated carbocycles. The molecule has 0 atom stereocenters. The first-order chi connectivity index (χ1) is 11.5. The van der Waals surface area contributed by atoms with Gasteiger partial charge in [0, 0.05) is 33.0 Å². The maximum atomic E-state index is 12.7. The molecule has 0 N–H and O–H groups in total. The van der Waals surface area contributed by atoms with Crippen LogP contribution in [0.2, 0.25) is 0 Å². The van der Waals surface area contributed by atoms with Crippen molar-refractivity contribution in [2.75, 3.05) is 27.8 Å². The number of methoxy groups -OCH3 is 2. The van der Waals surface area contributed by atoms with Crippen molar-refractivity contribution in [1.82, 2.24) is 9.91 Å². The first-order valence-corrected chi connectivity index (χ1v) is 7.90. The van der Waals surface area contributed by atoms with Crippen LogP contribution in [0.25, 0.3) is 0 Å². The summed E-state index contributed by atoms with van der Waals surface area (Å²) in [6.07, 6.45) is 1.48. The molecule has 0 fully saturated rings. The van der Waals surface area contributed by atoms with Crippen molar-refractivity contribution in [2.45, 2.75) is 25.8 Å². The zero-order chi connectivity index (χ0) is 17.3. The minimum atomic E-state index is -0.102. The molecule has 0 radical (unpaired) electrons. The monoisotopic (exact) mass is 331 g/mol. The number of hydrazone groups is 1. The third-order valence-electron chi connectivity index (χ3n) is 4.46. The maximum absolute atomic E-state index is 12.7. The van der Waals surface area contributed by atoms with Crippen LogP contribution in [-0.4, -0.2) is 55.2 Å². The second kappa shape index (κ2) is 6.51. The van der Waals surface area contributed by atoms with E-state index >= 15 is 0 Å². The molecule has 0 aliphatic carbocycles. The number of rotatable bonds is 3. The maximum Gasteiger partial charge on any atom is 0.270 e. The number of amides is 2.